The second-order valence-electron chi connectivity index (χ2n) is 3.72. The molecule has 2 rings (SSSR count). The highest BCUT2D eigenvalue weighted by Crippen LogP contribution is 2.45. The van der Waals surface area contributed by atoms with E-state index in [0.29, 0.717) is 5.92 Å². The van der Waals surface area contributed by atoms with Crippen LogP contribution in [0.4, 0.5) is 4.39 Å². The maximum absolute atomic E-state index is 12.6. The standard InChI is InChI=1S/C8H14FN/c9-5-8-3-1-2-7(8)4-10-6-8/h7,10H,1-6H2/t7-,8-/m1/s1. The first-order valence-corrected chi connectivity index (χ1v) is 4.14. The van der Waals surface area contributed by atoms with Gasteiger partial charge in [-0.25, -0.2) is 0 Å². The Morgan fingerprint density at radius 1 is 1.60 bits per heavy atom. The molecule has 2 aliphatic rings. The number of halogens is 1. The molecule has 2 atom stereocenters. The molecule has 0 radical (unpaired) electrons. The van der Waals surface area contributed by atoms with Gasteiger partial charge in [-0.15, -0.1) is 0 Å². The molecule has 0 aromatic heterocycles. The van der Waals surface area contributed by atoms with Crippen LogP contribution in [0.25, 0.3) is 0 Å². The van der Waals surface area contributed by atoms with E-state index in [-0.39, 0.29) is 12.1 Å². The summed E-state index contributed by atoms with van der Waals surface area (Å²) < 4.78 is 12.6. The summed E-state index contributed by atoms with van der Waals surface area (Å²) in [6, 6.07) is 0. The molecular weight excluding hydrogens is 129 g/mol. The first-order valence-electron chi connectivity index (χ1n) is 4.14. The van der Waals surface area contributed by atoms with E-state index in [1.165, 1.54) is 12.8 Å². The molecule has 1 nitrogen and oxygen atoms in total. The number of fused-ring (bicyclic) bond motifs is 1. The van der Waals surface area contributed by atoms with Crippen molar-refractivity contribution >= 4 is 0 Å². The van der Waals surface area contributed by atoms with Crippen LogP contribution in [-0.4, -0.2) is 19.8 Å². The second-order valence-corrected chi connectivity index (χ2v) is 3.72. The van der Waals surface area contributed by atoms with E-state index in [9.17, 15) is 4.39 Å². The van der Waals surface area contributed by atoms with Crippen molar-refractivity contribution in [3.05, 3.63) is 0 Å². The van der Waals surface area contributed by atoms with E-state index >= 15 is 0 Å². The molecular formula is C8H14FN. The van der Waals surface area contributed by atoms with Gasteiger partial charge in [-0.05, 0) is 25.3 Å². The fraction of sp³-hybridized carbons (Fsp3) is 1.00. The highest BCUT2D eigenvalue weighted by Gasteiger charge is 2.45. The van der Waals surface area contributed by atoms with Crippen molar-refractivity contribution < 1.29 is 4.39 Å². The van der Waals surface area contributed by atoms with Gasteiger partial charge < -0.3 is 5.32 Å². The number of nitrogens with one attached hydrogen (secondary N) is 1. The number of hydrogen-bond donors (Lipinski definition) is 1. The lowest BCUT2D eigenvalue weighted by Gasteiger charge is -2.23. The normalized spacial score (nSPS) is 45.9. The molecule has 0 amide bonds. The lowest BCUT2D eigenvalue weighted by molar-refractivity contribution is 0.195. The summed E-state index contributed by atoms with van der Waals surface area (Å²) in [6.45, 7) is 1.88. The minimum Gasteiger partial charge on any atom is -0.316 e. The third kappa shape index (κ3) is 0.715. The van der Waals surface area contributed by atoms with Crippen LogP contribution in [0.3, 0.4) is 0 Å². The van der Waals surface area contributed by atoms with Crippen molar-refractivity contribution in [3.8, 4) is 0 Å². The summed E-state index contributed by atoms with van der Waals surface area (Å²) in [7, 11) is 0. The summed E-state index contributed by atoms with van der Waals surface area (Å²) in [5, 5.41) is 3.28. The zero-order chi connectivity index (χ0) is 7.03. The quantitative estimate of drug-likeness (QED) is 0.584. The molecule has 2 fully saturated rings. The van der Waals surface area contributed by atoms with Crippen molar-refractivity contribution in [2.24, 2.45) is 11.3 Å². The van der Waals surface area contributed by atoms with Crippen molar-refractivity contribution in [2.75, 3.05) is 19.8 Å². The molecule has 0 unspecified atom stereocenters. The van der Waals surface area contributed by atoms with Crippen molar-refractivity contribution in [1.82, 2.24) is 5.32 Å². The van der Waals surface area contributed by atoms with Crippen LogP contribution < -0.4 is 5.32 Å². The van der Waals surface area contributed by atoms with Crippen LogP contribution in [-0.2, 0) is 0 Å². The Kier molecular flexibility index (Phi) is 1.44. The Labute approximate surface area is 61.0 Å². The highest BCUT2D eigenvalue weighted by molar-refractivity contribution is 4.98. The van der Waals surface area contributed by atoms with Crippen LogP contribution in [0.2, 0.25) is 0 Å². The lowest BCUT2D eigenvalue weighted by Crippen LogP contribution is -2.27. The average molecular weight is 143 g/mol. The molecule has 1 aliphatic carbocycles. The molecule has 0 bridgehead atoms. The molecule has 0 aromatic carbocycles. The SMILES string of the molecule is FC[C@@]12CCC[C@@H]1CNC2. The van der Waals surface area contributed by atoms with Gasteiger partial charge in [-0.1, -0.05) is 6.42 Å². The molecule has 0 spiro atoms. The molecule has 1 aliphatic heterocycles. The summed E-state index contributed by atoms with van der Waals surface area (Å²) in [6.07, 6.45) is 3.61. The molecule has 0 aromatic rings. The highest BCUT2D eigenvalue weighted by atomic mass is 19.1. The molecule has 1 saturated heterocycles. The Balaban J connectivity index is 2.15. The molecule has 1 N–H and O–H groups in total. The van der Waals surface area contributed by atoms with Crippen molar-refractivity contribution in [1.29, 1.82) is 0 Å². The minimum absolute atomic E-state index is 0.0694. The van der Waals surface area contributed by atoms with E-state index in [4.69, 9.17) is 0 Å². The zero-order valence-corrected chi connectivity index (χ0v) is 6.20. The van der Waals surface area contributed by atoms with E-state index in [2.05, 4.69) is 5.32 Å². The first-order chi connectivity index (χ1) is 4.87. The van der Waals surface area contributed by atoms with Gasteiger partial charge in [0.15, 0.2) is 0 Å². The molecule has 1 saturated carbocycles. The third-order valence-electron chi connectivity index (χ3n) is 3.23. The number of alkyl halides is 1. The largest absolute Gasteiger partial charge is 0.316 e. The maximum Gasteiger partial charge on any atom is 0.0965 e. The Morgan fingerprint density at radius 3 is 3.20 bits per heavy atom. The topological polar surface area (TPSA) is 12.0 Å². The van der Waals surface area contributed by atoms with Gasteiger partial charge in [-0.3, -0.25) is 4.39 Å². The van der Waals surface area contributed by atoms with Gasteiger partial charge >= 0.3 is 0 Å². The average Bonchev–Trinajstić information content (AvgIpc) is 2.42. The van der Waals surface area contributed by atoms with Crippen LogP contribution in [0.5, 0.6) is 0 Å². The van der Waals surface area contributed by atoms with Crippen LogP contribution in [0.15, 0.2) is 0 Å². The van der Waals surface area contributed by atoms with Gasteiger partial charge in [0.25, 0.3) is 0 Å². The van der Waals surface area contributed by atoms with Crippen LogP contribution in [0.1, 0.15) is 19.3 Å². The molecule has 58 valence electrons. The van der Waals surface area contributed by atoms with Crippen LogP contribution in [0, 0.1) is 11.3 Å². The molecule has 2 heteroatoms. The van der Waals surface area contributed by atoms with E-state index in [0.717, 1.165) is 19.5 Å². The monoisotopic (exact) mass is 143 g/mol. The Bertz CT molecular complexity index is 125. The fourth-order valence-electron chi connectivity index (χ4n) is 2.48. The van der Waals surface area contributed by atoms with Crippen LogP contribution >= 0.6 is 0 Å². The smallest absolute Gasteiger partial charge is 0.0965 e. The van der Waals surface area contributed by atoms with Gasteiger partial charge in [0, 0.05) is 12.0 Å². The van der Waals surface area contributed by atoms with Gasteiger partial charge in [0.05, 0.1) is 6.67 Å². The van der Waals surface area contributed by atoms with Gasteiger partial charge in [0.1, 0.15) is 0 Å². The number of hydrogen-bond acceptors (Lipinski definition) is 1. The zero-order valence-electron chi connectivity index (χ0n) is 6.20. The predicted octanol–water partition coefficient (Wildman–Crippen LogP) is 1.35. The molecule has 1 heterocycles. The predicted molar refractivity (Wildman–Crippen MR) is 38.6 cm³/mol. The van der Waals surface area contributed by atoms with Gasteiger partial charge in [-0.2, -0.15) is 0 Å². The summed E-state index contributed by atoms with van der Waals surface area (Å²) in [5.41, 5.74) is 0.0694. The minimum atomic E-state index is -0.106. The Morgan fingerprint density at radius 2 is 2.50 bits per heavy atom. The first kappa shape index (κ1) is 6.59. The second kappa shape index (κ2) is 2.19. The Hall–Kier alpha value is -0.110. The third-order valence-corrected chi connectivity index (χ3v) is 3.23. The lowest BCUT2D eigenvalue weighted by atomic mass is 9.82. The van der Waals surface area contributed by atoms with E-state index in [1.807, 2.05) is 0 Å². The maximum atomic E-state index is 12.6. The molecule has 10 heavy (non-hydrogen) atoms. The summed E-state index contributed by atoms with van der Waals surface area (Å²) >= 11 is 0. The van der Waals surface area contributed by atoms with E-state index in [1.54, 1.807) is 0 Å². The fourth-order valence-corrected chi connectivity index (χ4v) is 2.48. The number of rotatable bonds is 1. The van der Waals surface area contributed by atoms with Crippen molar-refractivity contribution in [2.45, 2.75) is 19.3 Å². The van der Waals surface area contributed by atoms with Gasteiger partial charge in [0.2, 0.25) is 0 Å². The summed E-state index contributed by atoms with van der Waals surface area (Å²) in [4.78, 5) is 0. The summed E-state index contributed by atoms with van der Waals surface area (Å²) in [5.74, 6) is 0.650. The van der Waals surface area contributed by atoms with Crippen molar-refractivity contribution in [3.63, 3.8) is 0 Å². The van der Waals surface area contributed by atoms with E-state index < -0.39 is 0 Å².